The molecule has 0 aliphatic rings. The van der Waals surface area contributed by atoms with E-state index in [2.05, 4.69) is 15.5 Å². The summed E-state index contributed by atoms with van der Waals surface area (Å²) >= 11 is 0. The Morgan fingerprint density at radius 2 is 2.12 bits per heavy atom. The first-order valence-corrected chi connectivity index (χ1v) is 8.13. The quantitative estimate of drug-likeness (QED) is 0.678. The van der Waals surface area contributed by atoms with E-state index in [0.717, 1.165) is 5.56 Å². The van der Waals surface area contributed by atoms with Gasteiger partial charge in [0.25, 0.3) is 5.56 Å². The molecule has 2 heterocycles. The number of hydrogen-bond acceptors (Lipinski definition) is 5. The molecule has 0 saturated heterocycles. The summed E-state index contributed by atoms with van der Waals surface area (Å²) < 4.78 is 8.02. The van der Waals surface area contributed by atoms with E-state index in [1.807, 2.05) is 24.3 Å². The highest BCUT2D eigenvalue weighted by Crippen LogP contribution is 2.12. The van der Waals surface area contributed by atoms with Crippen LogP contribution in [0.5, 0.6) is 5.75 Å². The van der Waals surface area contributed by atoms with Gasteiger partial charge in [0.2, 0.25) is 5.91 Å². The van der Waals surface area contributed by atoms with Crippen LogP contribution in [-0.4, -0.2) is 39.1 Å². The zero-order valence-corrected chi connectivity index (χ0v) is 14.3. The Morgan fingerprint density at radius 1 is 1.23 bits per heavy atom. The van der Waals surface area contributed by atoms with Gasteiger partial charge in [-0.3, -0.25) is 9.59 Å². The van der Waals surface area contributed by atoms with Crippen molar-refractivity contribution in [2.75, 3.05) is 13.7 Å². The number of carbonyl (C=O) groups is 1. The van der Waals surface area contributed by atoms with Gasteiger partial charge in [-0.1, -0.05) is 12.1 Å². The molecule has 0 aliphatic carbocycles. The van der Waals surface area contributed by atoms with Gasteiger partial charge in [0.1, 0.15) is 5.75 Å². The number of benzene rings is 1. The van der Waals surface area contributed by atoms with Crippen LogP contribution in [0, 0.1) is 0 Å². The van der Waals surface area contributed by atoms with Gasteiger partial charge >= 0.3 is 0 Å². The van der Waals surface area contributed by atoms with Crippen molar-refractivity contribution in [2.45, 2.75) is 13.0 Å². The fraction of sp³-hybridized carbons (Fsp3) is 0.222. The first-order chi connectivity index (χ1) is 12.7. The molecule has 0 unspecified atom stereocenters. The monoisotopic (exact) mass is 353 g/mol. The number of nitrogens with one attached hydrogen (secondary N) is 1. The molecular formula is C18H19N5O3. The Hall–Kier alpha value is -3.42. The second-order valence-electron chi connectivity index (χ2n) is 5.58. The van der Waals surface area contributed by atoms with Crippen molar-refractivity contribution in [3.8, 4) is 11.6 Å². The molecule has 8 heteroatoms. The second-order valence-corrected chi connectivity index (χ2v) is 5.58. The van der Waals surface area contributed by atoms with E-state index in [1.54, 1.807) is 36.3 Å². The first-order valence-electron chi connectivity index (χ1n) is 8.13. The van der Waals surface area contributed by atoms with Gasteiger partial charge in [-0.05, 0) is 29.8 Å². The van der Waals surface area contributed by atoms with Crippen molar-refractivity contribution in [1.82, 2.24) is 24.9 Å². The van der Waals surface area contributed by atoms with E-state index in [9.17, 15) is 9.59 Å². The topological polar surface area (TPSA) is 91.0 Å². The van der Waals surface area contributed by atoms with Crippen molar-refractivity contribution in [3.63, 3.8) is 0 Å². The first kappa shape index (κ1) is 17.4. The maximum Gasteiger partial charge on any atom is 0.266 e. The van der Waals surface area contributed by atoms with Gasteiger partial charge in [-0.2, -0.15) is 5.10 Å². The smallest absolute Gasteiger partial charge is 0.266 e. The van der Waals surface area contributed by atoms with E-state index in [1.165, 1.54) is 10.7 Å². The largest absolute Gasteiger partial charge is 0.497 e. The summed E-state index contributed by atoms with van der Waals surface area (Å²) in [5, 5.41) is 11.1. The lowest BCUT2D eigenvalue weighted by molar-refractivity contribution is -0.120. The van der Waals surface area contributed by atoms with Crippen LogP contribution in [0.3, 0.4) is 0 Å². The number of ether oxygens (including phenoxy) is 1. The standard InChI is InChI=1S/C18H19N5O3/c1-26-15-5-2-4-14(12-15)13-17(24)19-9-11-23-18(25)7-6-16(21-23)22-10-3-8-20-22/h2-8,10,12H,9,11,13H2,1H3,(H,19,24). The molecule has 0 radical (unpaired) electrons. The summed E-state index contributed by atoms with van der Waals surface area (Å²) in [6, 6.07) is 12.2. The van der Waals surface area contributed by atoms with E-state index >= 15 is 0 Å². The summed E-state index contributed by atoms with van der Waals surface area (Å²) in [7, 11) is 1.58. The van der Waals surface area contributed by atoms with Gasteiger partial charge in [-0.15, -0.1) is 5.10 Å². The fourth-order valence-electron chi connectivity index (χ4n) is 2.46. The number of carbonyl (C=O) groups excluding carboxylic acids is 1. The predicted octanol–water partition coefficient (Wildman–Crippen LogP) is 0.796. The molecule has 1 aromatic carbocycles. The molecule has 26 heavy (non-hydrogen) atoms. The SMILES string of the molecule is COc1cccc(CC(=O)NCCn2nc(-n3cccn3)ccc2=O)c1. The molecule has 0 bridgehead atoms. The Balaban J connectivity index is 1.56. The van der Waals surface area contributed by atoms with E-state index in [-0.39, 0.29) is 24.4 Å². The molecule has 1 amide bonds. The minimum absolute atomic E-state index is 0.130. The number of aromatic nitrogens is 4. The van der Waals surface area contributed by atoms with Crippen molar-refractivity contribution >= 4 is 5.91 Å². The number of hydrogen-bond donors (Lipinski definition) is 1. The van der Waals surface area contributed by atoms with Crippen LogP contribution in [0.25, 0.3) is 5.82 Å². The molecular weight excluding hydrogens is 334 g/mol. The molecule has 0 fully saturated rings. The third-order valence-electron chi connectivity index (χ3n) is 3.74. The second kappa shape index (κ2) is 8.11. The van der Waals surface area contributed by atoms with Crippen LogP contribution in [-0.2, 0) is 17.8 Å². The van der Waals surface area contributed by atoms with Crippen molar-refractivity contribution in [1.29, 1.82) is 0 Å². The summed E-state index contributed by atoms with van der Waals surface area (Å²) in [5.41, 5.74) is 0.626. The van der Waals surface area contributed by atoms with E-state index in [4.69, 9.17) is 4.74 Å². The molecule has 8 nitrogen and oxygen atoms in total. The Bertz CT molecular complexity index is 934. The van der Waals surface area contributed by atoms with Crippen molar-refractivity contribution in [2.24, 2.45) is 0 Å². The Morgan fingerprint density at radius 3 is 2.88 bits per heavy atom. The highest BCUT2D eigenvalue weighted by atomic mass is 16.5. The Kier molecular flexibility index (Phi) is 5.43. The van der Waals surface area contributed by atoms with Gasteiger partial charge in [-0.25, -0.2) is 9.36 Å². The average molecular weight is 353 g/mol. The highest BCUT2D eigenvalue weighted by Gasteiger charge is 2.06. The van der Waals surface area contributed by atoms with Crippen molar-refractivity contribution in [3.05, 3.63) is 70.8 Å². The van der Waals surface area contributed by atoms with E-state index < -0.39 is 0 Å². The summed E-state index contributed by atoms with van der Waals surface area (Å²) in [5.74, 6) is 1.12. The van der Waals surface area contributed by atoms with Gasteiger partial charge < -0.3 is 10.1 Å². The fourth-order valence-corrected chi connectivity index (χ4v) is 2.46. The normalized spacial score (nSPS) is 10.5. The van der Waals surface area contributed by atoms with Crippen LogP contribution >= 0.6 is 0 Å². The van der Waals surface area contributed by atoms with Gasteiger partial charge in [0, 0.05) is 25.0 Å². The Labute approximate surface area is 150 Å². The maximum absolute atomic E-state index is 12.1. The van der Waals surface area contributed by atoms with Crippen LogP contribution in [0.15, 0.2) is 59.7 Å². The van der Waals surface area contributed by atoms with Crippen LogP contribution in [0.2, 0.25) is 0 Å². The molecule has 2 aromatic heterocycles. The van der Waals surface area contributed by atoms with E-state index in [0.29, 0.717) is 18.1 Å². The van der Waals surface area contributed by atoms with Gasteiger partial charge in [0.15, 0.2) is 5.82 Å². The third kappa shape index (κ3) is 4.35. The minimum Gasteiger partial charge on any atom is -0.497 e. The lowest BCUT2D eigenvalue weighted by atomic mass is 10.1. The molecule has 0 atom stereocenters. The average Bonchev–Trinajstić information content (AvgIpc) is 3.18. The molecule has 134 valence electrons. The summed E-state index contributed by atoms with van der Waals surface area (Å²) in [4.78, 5) is 24.0. The molecule has 3 aromatic rings. The zero-order chi connectivity index (χ0) is 18.4. The van der Waals surface area contributed by atoms with Gasteiger partial charge in [0.05, 0.1) is 20.1 Å². The summed E-state index contributed by atoms with van der Waals surface area (Å²) in [6.45, 7) is 0.579. The number of methoxy groups -OCH3 is 1. The lowest BCUT2D eigenvalue weighted by Gasteiger charge is -2.09. The highest BCUT2D eigenvalue weighted by molar-refractivity contribution is 5.78. The van der Waals surface area contributed by atoms with Crippen LogP contribution in [0.4, 0.5) is 0 Å². The number of nitrogens with zero attached hydrogens (tertiary/aromatic N) is 4. The predicted molar refractivity (Wildman–Crippen MR) is 95.3 cm³/mol. The zero-order valence-electron chi connectivity index (χ0n) is 14.3. The number of amides is 1. The molecule has 1 N–H and O–H groups in total. The molecule has 0 aliphatic heterocycles. The van der Waals surface area contributed by atoms with Crippen molar-refractivity contribution < 1.29 is 9.53 Å². The lowest BCUT2D eigenvalue weighted by Crippen LogP contribution is -2.33. The minimum atomic E-state index is -0.233. The third-order valence-corrected chi connectivity index (χ3v) is 3.74. The summed E-state index contributed by atoms with van der Waals surface area (Å²) in [6.07, 6.45) is 3.62. The molecule has 0 spiro atoms. The molecule has 0 saturated carbocycles. The molecule has 3 rings (SSSR count). The van der Waals surface area contributed by atoms with Crippen LogP contribution in [0.1, 0.15) is 5.56 Å². The van der Waals surface area contributed by atoms with Crippen LogP contribution < -0.4 is 15.6 Å². The number of rotatable bonds is 7. The maximum atomic E-state index is 12.1.